The van der Waals surface area contributed by atoms with Gasteiger partial charge >= 0.3 is 0 Å². The fourth-order valence-electron chi connectivity index (χ4n) is 3.70. The fourth-order valence-corrected chi connectivity index (χ4v) is 4.33. The lowest BCUT2D eigenvalue weighted by molar-refractivity contribution is -0.126. The van der Waals surface area contributed by atoms with Gasteiger partial charge < -0.3 is 19.9 Å². The van der Waals surface area contributed by atoms with E-state index in [1.165, 1.54) is 11.3 Å². The average Bonchev–Trinajstić information content (AvgIpc) is 3.28. The third-order valence-corrected chi connectivity index (χ3v) is 6.18. The maximum Gasteiger partial charge on any atom is 0.254 e. The minimum atomic E-state index is -0.0466. The van der Waals surface area contributed by atoms with Gasteiger partial charge in [-0.1, -0.05) is 12.1 Å². The molecule has 1 aromatic carbocycles. The molecule has 2 amide bonds. The van der Waals surface area contributed by atoms with E-state index >= 15 is 0 Å². The number of carbonyl (C=O) groups excluding carboxylic acids is 2. The molecule has 1 saturated heterocycles. The summed E-state index contributed by atoms with van der Waals surface area (Å²) in [7, 11) is 5.66. The summed E-state index contributed by atoms with van der Waals surface area (Å²) in [6.45, 7) is 1.78. The van der Waals surface area contributed by atoms with Crippen LogP contribution in [-0.4, -0.2) is 62.5 Å². The Morgan fingerprint density at radius 1 is 1.28 bits per heavy atom. The summed E-state index contributed by atoms with van der Waals surface area (Å²) in [5.41, 5.74) is 1.84. The molecule has 1 fully saturated rings. The van der Waals surface area contributed by atoms with Crippen LogP contribution in [-0.2, 0) is 4.79 Å². The molecule has 29 heavy (non-hydrogen) atoms. The number of likely N-dealkylation sites (tertiary alicyclic amines) is 1. The normalized spacial score (nSPS) is 15.9. The van der Waals surface area contributed by atoms with E-state index in [1.807, 2.05) is 60.1 Å². The van der Waals surface area contributed by atoms with Crippen molar-refractivity contribution in [3.05, 3.63) is 52.2 Å². The third kappa shape index (κ3) is 5.36. The summed E-state index contributed by atoms with van der Waals surface area (Å²) in [5, 5.41) is 6.91. The molecule has 6 nitrogen and oxygen atoms in total. The first-order valence-corrected chi connectivity index (χ1v) is 10.8. The lowest BCUT2D eigenvalue weighted by Gasteiger charge is -2.32. The van der Waals surface area contributed by atoms with E-state index in [9.17, 15) is 9.59 Å². The van der Waals surface area contributed by atoms with Crippen molar-refractivity contribution in [2.45, 2.75) is 18.9 Å². The highest BCUT2D eigenvalue weighted by molar-refractivity contribution is 7.08. The number of nitrogens with one attached hydrogen (secondary N) is 1. The van der Waals surface area contributed by atoms with Gasteiger partial charge in [-0.15, -0.1) is 0 Å². The number of thiophene rings is 1. The van der Waals surface area contributed by atoms with Crippen LogP contribution in [0.2, 0.25) is 0 Å². The second-order valence-corrected chi connectivity index (χ2v) is 8.36. The maximum absolute atomic E-state index is 12.7. The predicted octanol–water partition coefficient (Wildman–Crippen LogP) is 3.03. The Morgan fingerprint density at radius 2 is 2.03 bits per heavy atom. The molecule has 0 spiro atoms. The molecule has 0 unspecified atom stereocenters. The van der Waals surface area contributed by atoms with Gasteiger partial charge in [0.1, 0.15) is 5.75 Å². The van der Waals surface area contributed by atoms with Crippen LogP contribution in [0.4, 0.5) is 0 Å². The molecule has 1 aromatic heterocycles. The molecule has 0 radical (unpaired) electrons. The van der Waals surface area contributed by atoms with Crippen LogP contribution in [0.5, 0.6) is 5.75 Å². The van der Waals surface area contributed by atoms with Crippen molar-refractivity contribution in [2.75, 3.05) is 40.8 Å². The van der Waals surface area contributed by atoms with Gasteiger partial charge in [-0.2, -0.15) is 11.3 Å². The zero-order valence-electron chi connectivity index (χ0n) is 17.3. The van der Waals surface area contributed by atoms with E-state index in [1.54, 1.807) is 7.11 Å². The van der Waals surface area contributed by atoms with E-state index in [0.717, 1.165) is 16.9 Å². The van der Waals surface area contributed by atoms with Crippen molar-refractivity contribution in [1.29, 1.82) is 0 Å². The molecule has 0 saturated carbocycles. The minimum absolute atomic E-state index is 0.0466. The highest BCUT2D eigenvalue weighted by Crippen LogP contribution is 2.23. The van der Waals surface area contributed by atoms with Crippen molar-refractivity contribution in [3.8, 4) is 5.75 Å². The summed E-state index contributed by atoms with van der Waals surface area (Å²) in [5.74, 6) is 0.899. The van der Waals surface area contributed by atoms with Crippen molar-refractivity contribution < 1.29 is 14.3 Å². The number of piperidine rings is 1. The average molecular weight is 416 g/mol. The minimum Gasteiger partial charge on any atom is -0.497 e. The quantitative estimate of drug-likeness (QED) is 0.755. The summed E-state index contributed by atoms with van der Waals surface area (Å²) in [6, 6.07) is 9.85. The zero-order chi connectivity index (χ0) is 20.8. The third-order valence-electron chi connectivity index (χ3n) is 5.49. The second-order valence-electron chi connectivity index (χ2n) is 7.58. The predicted molar refractivity (Wildman–Crippen MR) is 115 cm³/mol. The van der Waals surface area contributed by atoms with E-state index in [-0.39, 0.29) is 23.8 Å². The number of rotatable bonds is 7. The van der Waals surface area contributed by atoms with Crippen LogP contribution >= 0.6 is 11.3 Å². The van der Waals surface area contributed by atoms with Gasteiger partial charge in [0, 0.05) is 30.9 Å². The Bertz CT molecular complexity index is 814. The Hall–Kier alpha value is -2.38. The lowest BCUT2D eigenvalue weighted by atomic mass is 9.95. The molecule has 2 heterocycles. The number of likely N-dealkylation sites (N-methyl/N-ethyl adjacent to an activating group) is 1. The summed E-state index contributed by atoms with van der Waals surface area (Å²) < 4.78 is 5.32. The molecule has 156 valence electrons. The first kappa shape index (κ1) is 21.3. The summed E-state index contributed by atoms with van der Waals surface area (Å²) >= 11 is 1.53. The van der Waals surface area contributed by atoms with E-state index in [2.05, 4.69) is 10.2 Å². The molecule has 0 bridgehead atoms. The van der Waals surface area contributed by atoms with Crippen molar-refractivity contribution in [1.82, 2.24) is 15.1 Å². The number of nitrogens with zero attached hydrogens (tertiary/aromatic N) is 2. The van der Waals surface area contributed by atoms with Crippen LogP contribution in [0.15, 0.2) is 41.1 Å². The van der Waals surface area contributed by atoms with Crippen molar-refractivity contribution >= 4 is 23.2 Å². The van der Waals surface area contributed by atoms with Crippen LogP contribution < -0.4 is 10.1 Å². The van der Waals surface area contributed by atoms with Crippen LogP contribution in [0.3, 0.4) is 0 Å². The van der Waals surface area contributed by atoms with E-state index in [4.69, 9.17) is 4.74 Å². The Kier molecular flexibility index (Phi) is 7.28. The molecule has 7 heteroatoms. The van der Waals surface area contributed by atoms with Gasteiger partial charge in [0.25, 0.3) is 5.91 Å². The van der Waals surface area contributed by atoms with Gasteiger partial charge in [0.05, 0.1) is 18.7 Å². The number of carbonyl (C=O) groups is 2. The number of hydrogen-bond donors (Lipinski definition) is 1. The Labute approximate surface area is 176 Å². The number of hydrogen-bond acceptors (Lipinski definition) is 5. The first-order chi connectivity index (χ1) is 14.0. The maximum atomic E-state index is 12.7. The standard InChI is InChI=1S/C22H29N3O3S/c1-24(2)20(17-5-4-6-19(13-17)28-3)14-23-21(26)16-7-10-25(11-8-16)22(27)18-9-12-29-15-18/h4-6,9,12-13,15-16,20H,7-8,10-11,14H2,1-3H3,(H,23,26)/t20-/m1/s1. The van der Waals surface area contributed by atoms with Crippen LogP contribution in [0.25, 0.3) is 0 Å². The van der Waals surface area contributed by atoms with Gasteiger partial charge in [-0.05, 0) is 56.1 Å². The van der Waals surface area contributed by atoms with Crippen molar-refractivity contribution in [3.63, 3.8) is 0 Å². The largest absolute Gasteiger partial charge is 0.497 e. The van der Waals surface area contributed by atoms with Crippen LogP contribution in [0.1, 0.15) is 34.8 Å². The fraction of sp³-hybridized carbons (Fsp3) is 0.455. The first-order valence-electron chi connectivity index (χ1n) is 9.89. The monoisotopic (exact) mass is 415 g/mol. The molecule has 1 aliphatic rings. The molecule has 0 aliphatic carbocycles. The van der Waals surface area contributed by atoms with Crippen molar-refractivity contribution in [2.24, 2.45) is 5.92 Å². The molecular formula is C22H29N3O3S. The second kappa shape index (κ2) is 9.89. The lowest BCUT2D eigenvalue weighted by Crippen LogP contribution is -2.44. The van der Waals surface area contributed by atoms with Gasteiger partial charge in [-0.3, -0.25) is 9.59 Å². The van der Waals surface area contributed by atoms with E-state index in [0.29, 0.717) is 32.5 Å². The number of amides is 2. The summed E-state index contributed by atoms with van der Waals surface area (Å²) in [4.78, 5) is 29.1. The molecule has 1 atom stereocenters. The van der Waals surface area contributed by atoms with Gasteiger partial charge in [-0.25, -0.2) is 0 Å². The van der Waals surface area contributed by atoms with Crippen LogP contribution in [0, 0.1) is 5.92 Å². The zero-order valence-corrected chi connectivity index (χ0v) is 18.1. The highest BCUT2D eigenvalue weighted by atomic mass is 32.1. The Morgan fingerprint density at radius 3 is 2.66 bits per heavy atom. The molecule has 3 rings (SSSR count). The SMILES string of the molecule is COc1cccc([C@@H](CNC(=O)C2CCN(C(=O)c3ccsc3)CC2)N(C)C)c1. The highest BCUT2D eigenvalue weighted by Gasteiger charge is 2.28. The van der Waals surface area contributed by atoms with E-state index < -0.39 is 0 Å². The molecule has 2 aromatic rings. The van der Waals surface area contributed by atoms with Gasteiger partial charge in [0.15, 0.2) is 0 Å². The number of ether oxygens (including phenoxy) is 1. The number of methoxy groups -OCH3 is 1. The topological polar surface area (TPSA) is 61.9 Å². The summed E-state index contributed by atoms with van der Waals surface area (Å²) in [6.07, 6.45) is 1.40. The van der Waals surface area contributed by atoms with Gasteiger partial charge in [0.2, 0.25) is 5.91 Å². The number of benzene rings is 1. The Balaban J connectivity index is 1.52. The smallest absolute Gasteiger partial charge is 0.254 e. The molecule has 1 aliphatic heterocycles. The molecule has 1 N–H and O–H groups in total. The molecular weight excluding hydrogens is 386 g/mol.